The predicted molar refractivity (Wildman–Crippen MR) is 108 cm³/mol. The molecule has 0 aliphatic carbocycles. The number of rotatable bonds is 7. The average Bonchev–Trinajstić information content (AvgIpc) is 3.28. The van der Waals surface area contributed by atoms with E-state index in [1.54, 1.807) is 29.0 Å². The highest BCUT2D eigenvalue weighted by molar-refractivity contribution is 7.99. The van der Waals surface area contributed by atoms with Crippen molar-refractivity contribution in [2.24, 2.45) is 0 Å². The summed E-state index contributed by atoms with van der Waals surface area (Å²) in [6.45, 7) is 3.67. The van der Waals surface area contributed by atoms with Gasteiger partial charge in [0, 0.05) is 23.1 Å². The van der Waals surface area contributed by atoms with Gasteiger partial charge in [0.05, 0.1) is 10.6 Å². The van der Waals surface area contributed by atoms with Crippen molar-refractivity contribution >= 4 is 45.8 Å². The van der Waals surface area contributed by atoms with Gasteiger partial charge in [-0.05, 0) is 12.7 Å². The molecule has 2 heterocycles. The lowest BCUT2D eigenvalue weighted by Gasteiger charge is -2.15. The fourth-order valence-corrected chi connectivity index (χ4v) is 3.92. The van der Waals surface area contributed by atoms with E-state index in [4.69, 9.17) is 5.73 Å². The van der Waals surface area contributed by atoms with Crippen LogP contribution in [0.1, 0.15) is 19.9 Å². The van der Waals surface area contributed by atoms with Gasteiger partial charge in [0.2, 0.25) is 11.9 Å². The molecule has 0 bridgehead atoms. The number of nitro groups is 1. The van der Waals surface area contributed by atoms with E-state index in [0.29, 0.717) is 21.5 Å². The minimum atomic E-state index is -0.630. The molecule has 1 unspecified atom stereocenters. The van der Waals surface area contributed by atoms with Crippen molar-refractivity contribution in [1.82, 2.24) is 19.7 Å². The summed E-state index contributed by atoms with van der Waals surface area (Å²) in [4.78, 5) is 27.5. The summed E-state index contributed by atoms with van der Waals surface area (Å²) < 4.78 is 1.57. The number of aromatic nitrogens is 4. The molecule has 0 aliphatic rings. The van der Waals surface area contributed by atoms with E-state index in [-0.39, 0.29) is 17.5 Å². The summed E-state index contributed by atoms with van der Waals surface area (Å²) >= 11 is 2.67. The van der Waals surface area contributed by atoms with Gasteiger partial charge in [-0.3, -0.25) is 19.5 Å². The molecule has 0 fully saturated rings. The average molecular weight is 419 g/mol. The van der Waals surface area contributed by atoms with Crippen LogP contribution in [0.2, 0.25) is 0 Å². The van der Waals surface area contributed by atoms with Gasteiger partial charge >= 0.3 is 0 Å². The first kappa shape index (κ1) is 19.8. The molecule has 1 atom stereocenters. The number of thioether (sulfide) groups is 1. The number of hydrogen-bond donors (Lipinski definition) is 2. The molecule has 0 radical (unpaired) electrons. The number of anilines is 2. The van der Waals surface area contributed by atoms with Crippen molar-refractivity contribution in [3.05, 3.63) is 39.8 Å². The third kappa shape index (κ3) is 4.12. The predicted octanol–water partition coefficient (Wildman–Crippen LogP) is 3.20. The maximum atomic E-state index is 12.6. The van der Waals surface area contributed by atoms with Gasteiger partial charge in [-0.15, -0.1) is 21.5 Å². The Hall–Kier alpha value is -2.99. The molecule has 12 heteroatoms. The highest BCUT2D eigenvalue weighted by Gasteiger charge is 2.23. The van der Waals surface area contributed by atoms with Crippen LogP contribution in [0.3, 0.4) is 0 Å². The standard InChI is InChI=1S/C16H17N7O3S2/c1-3-27-16-21-20-14(17)22(16)9(2)13(24)19-15-18-12(8-28-15)10-5-4-6-11(7-10)23(25)26/h4-9H,3H2,1-2H3,(H2,17,20)(H,18,19,24). The molecule has 0 aliphatic heterocycles. The topological polar surface area (TPSA) is 142 Å². The Morgan fingerprint density at radius 2 is 2.25 bits per heavy atom. The maximum absolute atomic E-state index is 12.6. The smallest absolute Gasteiger partial charge is 0.270 e. The van der Waals surface area contributed by atoms with Crippen LogP contribution in [0.4, 0.5) is 16.8 Å². The Bertz CT molecular complexity index is 1020. The summed E-state index contributed by atoms with van der Waals surface area (Å²) in [7, 11) is 0. The van der Waals surface area contributed by atoms with Crippen LogP contribution in [0.25, 0.3) is 11.3 Å². The first-order chi connectivity index (χ1) is 13.4. The van der Waals surface area contributed by atoms with Crippen LogP contribution >= 0.6 is 23.1 Å². The van der Waals surface area contributed by atoms with E-state index >= 15 is 0 Å². The van der Waals surface area contributed by atoms with E-state index in [9.17, 15) is 14.9 Å². The number of non-ortho nitro benzene ring substituents is 1. The van der Waals surface area contributed by atoms with Gasteiger partial charge in [-0.25, -0.2) is 4.98 Å². The van der Waals surface area contributed by atoms with Crippen molar-refractivity contribution in [2.45, 2.75) is 25.0 Å². The van der Waals surface area contributed by atoms with Crippen LogP contribution < -0.4 is 11.1 Å². The van der Waals surface area contributed by atoms with Gasteiger partial charge < -0.3 is 11.1 Å². The zero-order valence-electron chi connectivity index (χ0n) is 15.0. The number of amides is 1. The molecule has 0 saturated heterocycles. The Morgan fingerprint density at radius 3 is 2.96 bits per heavy atom. The third-order valence-corrected chi connectivity index (χ3v) is 5.40. The Morgan fingerprint density at radius 1 is 1.46 bits per heavy atom. The Balaban J connectivity index is 1.76. The van der Waals surface area contributed by atoms with Gasteiger partial charge in [-0.2, -0.15) is 0 Å². The van der Waals surface area contributed by atoms with Crippen LogP contribution in [-0.4, -0.2) is 36.3 Å². The molecule has 146 valence electrons. The maximum Gasteiger partial charge on any atom is 0.270 e. The van der Waals surface area contributed by atoms with Gasteiger partial charge in [0.15, 0.2) is 10.3 Å². The number of carbonyl (C=O) groups excluding carboxylic acids is 1. The van der Waals surface area contributed by atoms with Crippen LogP contribution in [-0.2, 0) is 4.79 Å². The normalized spacial score (nSPS) is 11.9. The first-order valence-corrected chi connectivity index (χ1v) is 10.1. The lowest BCUT2D eigenvalue weighted by atomic mass is 10.1. The largest absolute Gasteiger partial charge is 0.368 e. The summed E-state index contributed by atoms with van der Waals surface area (Å²) in [5.74, 6) is 0.616. The Labute approximate surface area is 168 Å². The second kappa shape index (κ2) is 8.35. The fraction of sp³-hybridized carbons (Fsp3) is 0.250. The van der Waals surface area contributed by atoms with Crippen molar-refractivity contribution in [1.29, 1.82) is 0 Å². The number of thiazole rings is 1. The molecule has 10 nitrogen and oxygen atoms in total. The van der Waals surface area contributed by atoms with Gasteiger partial charge in [-0.1, -0.05) is 30.8 Å². The molecular formula is C16H17N7O3S2. The van der Waals surface area contributed by atoms with Crippen molar-refractivity contribution in [3.63, 3.8) is 0 Å². The van der Waals surface area contributed by atoms with Gasteiger partial charge in [0.1, 0.15) is 6.04 Å². The molecule has 2 aromatic heterocycles. The molecule has 3 aromatic rings. The number of carbonyl (C=O) groups is 1. The lowest BCUT2D eigenvalue weighted by Crippen LogP contribution is -2.25. The zero-order chi connectivity index (χ0) is 20.3. The number of nitro benzene ring substituents is 1. The van der Waals surface area contributed by atoms with Crippen LogP contribution in [0.15, 0.2) is 34.8 Å². The summed E-state index contributed by atoms with van der Waals surface area (Å²) in [5.41, 5.74) is 6.98. The van der Waals surface area contributed by atoms with E-state index < -0.39 is 11.0 Å². The molecule has 1 aromatic carbocycles. The lowest BCUT2D eigenvalue weighted by molar-refractivity contribution is -0.384. The molecule has 28 heavy (non-hydrogen) atoms. The van der Waals surface area contributed by atoms with Crippen LogP contribution in [0.5, 0.6) is 0 Å². The summed E-state index contributed by atoms with van der Waals surface area (Å²) in [6.07, 6.45) is 0. The second-order valence-electron chi connectivity index (χ2n) is 5.65. The van der Waals surface area contributed by atoms with Crippen molar-refractivity contribution in [2.75, 3.05) is 16.8 Å². The SMILES string of the molecule is CCSc1nnc(N)n1C(C)C(=O)Nc1nc(-c2cccc([N+](=O)[O-])c2)cs1. The molecule has 0 saturated carbocycles. The fourth-order valence-electron chi connectivity index (χ4n) is 2.45. The number of nitrogens with zero attached hydrogens (tertiary/aromatic N) is 5. The second-order valence-corrected chi connectivity index (χ2v) is 7.74. The van der Waals surface area contributed by atoms with E-state index in [1.165, 1.54) is 35.2 Å². The van der Waals surface area contributed by atoms with E-state index in [1.807, 2.05) is 6.92 Å². The van der Waals surface area contributed by atoms with E-state index in [2.05, 4.69) is 20.5 Å². The minimum absolute atomic E-state index is 0.0197. The first-order valence-electron chi connectivity index (χ1n) is 8.25. The molecule has 1 amide bonds. The monoisotopic (exact) mass is 419 g/mol. The minimum Gasteiger partial charge on any atom is -0.368 e. The number of nitrogen functional groups attached to an aromatic ring is 1. The Kier molecular flexibility index (Phi) is 5.90. The third-order valence-electron chi connectivity index (χ3n) is 3.82. The molecule has 3 rings (SSSR count). The van der Waals surface area contributed by atoms with E-state index in [0.717, 1.165) is 5.75 Å². The highest BCUT2D eigenvalue weighted by atomic mass is 32.2. The van der Waals surface area contributed by atoms with Gasteiger partial charge in [0.25, 0.3) is 5.69 Å². The van der Waals surface area contributed by atoms with Crippen molar-refractivity contribution < 1.29 is 9.72 Å². The number of nitrogens with two attached hydrogens (primary N) is 1. The molecule has 3 N–H and O–H groups in total. The summed E-state index contributed by atoms with van der Waals surface area (Å²) in [6, 6.07) is 5.54. The molecular weight excluding hydrogens is 402 g/mol. The summed E-state index contributed by atoms with van der Waals surface area (Å²) in [5, 5.41) is 24.2. The zero-order valence-corrected chi connectivity index (χ0v) is 16.7. The quantitative estimate of drug-likeness (QED) is 0.338. The number of benzene rings is 1. The van der Waals surface area contributed by atoms with Crippen LogP contribution in [0, 0.1) is 10.1 Å². The number of hydrogen-bond acceptors (Lipinski definition) is 9. The number of nitrogens with one attached hydrogen (secondary N) is 1. The van der Waals surface area contributed by atoms with Crippen molar-refractivity contribution in [3.8, 4) is 11.3 Å². The highest BCUT2D eigenvalue weighted by Crippen LogP contribution is 2.28. The molecule has 0 spiro atoms.